The number of ether oxygens (including phenoxy) is 1. The minimum Gasteiger partial charge on any atom is -0.508 e. The fourth-order valence-electron chi connectivity index (χ4n) is 1.25. The number of carbonyl (C=O) groups is 1. The van der Waals surface area contributed by atoms with Gasteiger partial charge in [0.15, 0.2) is 0 Å². The van der Waals surface area contributed by atoms with Crippen molar-refractivity contribution in [1.29, 1.82) is 5.26 Å². The summed E-state index contributed by atoms with van der Waals surface area (Å²) >= 11 is 0. The summed E-state index contributed by atoms with van der Waals surface area (Å²) < 4.78 is 18.2. The van der Waals surface area contributed by atoms with Crippen molar-refractivity contribution in [2.45, 2.75) is 13.3 Å². The van der Waals surface area contributed by atoms with Crippen molar-refractivity contribution in [2.24, 2.45) is 0 Å². The van der Waals surface area contributed by atoms with Gasteiger partial charge < -0.3 is 9.84 Å². The molecule has 1 N–H and O–H groups in total. The number of nitriles is 1. The van der Waals surface area contributed by atoms with Gasteiger partial charge in [0.1, 0.15) is 17.6 Å². The van der Waals surface area contributed by atoms with Crippen molar-refractivity contribution in [2.75, 3.05) is 6.61 Å². The molecule has 0 atom stereocenters. The molecule has 5 heteroatoms. The number of rotatable bonds is 3. The number of phenols is 1. The van der Waals surface area contributed by atoms with Crippen LogP contribution in [0, 0.1) is 17.1 Å². The lowest BCUT2D eigenvalue weighted by atomic mass is 10.1. The van der Waals surface area contributed by atoms with Crippen molar-refractivity contribution in [1.82, 2.24) is 0 Å². The molecule has 0 aliphatic heterocycles. The van der Waals surface area contributed by atoms with Gasteiger partial charge >= 0.3 is 5.97 Å². The van der Waals surface area contributed by atoms with Gasteiger partial charge in [-0.15, -0.1) is 0 Å². The number of benzene rings is 1. The van der Waals surface area contributed by atoms with Gasteiger partial charge in [0.2, 0.25) is 0 Å². The fraction of sp³-hybridized carbons (Fsp3) is 0.273. The third kappa shape index (κ3) is 2.70. The molecule has 1 aromatic rings. The Hall–Kier alpha value is -2.09. The summed E-state index contributed by atoms with van der Waals surface area (Å²) in [6.07, 6.45) is -0.303. The van der Waals surface area contributed by atoms with Gasteiger partial charge in [-0.05, 0) is 13.0 Å². The Morgan fingerprint density at radius 3 is 2.88 bits per heavy atom. The number of carbonyl (C=O) groups excluding carboxylic acids is 1. The molecule has 0 amide bonds. The van der Waals surface area contributed by atoms with E-state index in [1.807, 2.05) is 0 Å². The van der Waals surface area contributed by atoms with E-state index in [9.17, 15) is 14.3 Å². The summed E-state index contributed by atoms with van der Waals surface area (Å²) in [5.74, 6) is -1.65. The summed E-state index contributed by atoms with van der Waals surface area (Å²) in [5.41, 5.74) is -0.339. The van der Waals surface area contributed by atoms with E-state index < -0.39 is 11.8 Å². The molecule has 0 spiro atoms. The highest BCUT2D eigenvalue weighted by Crippen LogP contribution is 2.20. The minimum atomic E-state index is -0.798. The zero-order chi connectivity index (χ0) is 12.1. The maximum absolute atomic E-state index is 13.5. The van der Waals surface area contributed by atoms with Crippen LogP contribution in [0.25, 0.3) is 0 Å². The lowest BCUT2D eigenvalue weighted by Gasteiger charge is -2.05. The SMILES string of the molecule is CCOC(=O)Cc1cc(O)cc(C#N)c1F. The summed E-state index contributed by atoms with van der Waals surface area (Å²) in [4.78, 5) is 11.1. The average molecular weight is 223 g/mol. The van der Waals surface area contributed by atoms with Crippen molar-refractivity contribution in [3.05, 3.63) is 29.1 Å². The molecule has 4 nitrogen and oxygen atoms in total. The van der Waals surface area contributed by atoms with E-state index >= 15 is 0 Å². The van der Waals surface area contributed by atoms with E-state index in [0.717, 1.165) is 12.1 Å². The first-order valence-electron chi connectivity index (χ1n) is 4.65. The molecule has 0 unspecified atom stereocenters. The molecule has 0 bridgehead atoms. The maximum atomic E-state index is 13.5. The molecule has 0 saturated heterocycles. The molecule has 0 fully saturated rings. The molecule has 0 saturated carbocycles. The normalized spacial score (nSPS) is 9.56. The molecule has 0 heterocycles. The van der Waals surface area contributed by atoms with E-state index in [4.69, 9.17) is 5.26 Å². The number of halogens is 1. The summed E-state index contributed by atoms with van der Waals surface area (Å²) in [7, 11) is 0. The zero-order valence-electron chi connectivity index (χ0n) is 8.66. The Balaban J connectivity index is 3.01. The summed E-state index contributed by atoms with van der Waals surface area (Å²) in [5, 5.41) is 17.8. The maximum Gasteiger partial charge on any atom is 0.310 e. The van der Waals surface area contributed by atoms with Gasteiger partial charge in [-0.2, -0.15) is 5.26 Å². The monoisotopic (exact) mass is 223 g/mol. The van der Waals surface area contributed by atoms with Gasteiger partial charge in [0.05, 0.1) is 18.6 Å². The Morgan fingerprint density at radius 2 is 2.31 bits per heavy atom. The molecular weight excluding hydrogens is 213 g/mol. The second-order valence-electron chi connectivity index (χ2n) is 3.06. The van der Waals surface area contributed by atoms with Crippen LogP contribution in [0.5, 0.6) is 5.75 Å². The van der Waals surface area contributed by atoms with Crippen molar-refractivity contribution in [3.63, 3.8) is 0 Å². The van der Waals surface area contributed by atoms with Crippen LogP contribution in [0.15, 0.2) is 12.1 Å². The Labute approximate surface area is 91.9 Å². The lowest BCUT2D eigenvalue weighted by Crippen LogP contribution is -2.09. The van der Waals surface area contributed by atoms with Crippen molar-refractivity contribution < 1.29 is 19.0 Å². The zero-order valence-corrected chi connectivity index (χ0v) is 8.66. The first-order chi connectivity index (χ1) is 7.58. The summed E-state index contributed by atoms with van der Waals surface area (Å²) in [6.45, 7) is 1.84. The Bertz CT molecular complexity index is 451. The minimum absolute atomic E-state index is 0.0463. The van der Waals surface area contributed by atoms with E-state index in [-0.39, 0.29) is 29.9 Å². The predicted octanol–water partition coefficient (Wildman–Crippen LogP) is 1.51. The van der Waals surface area contributed by atoms with Crippen LogP contribution in [0.2, 0.25) is 0 Å². The van der Waals surface area contributed by atoms with Crippen molar-refractivity contribution >= 4 is 5.97 Å². The number of esters is 1. The number of phenolic OH excluding ortho intramolecular Hbond substituents is 1. The highest BCUT2D eigenvalue weighted by atomic mass is 19.1. The number of hydrogen-bond acceptors (Lipinski definition) is 4. The predicted molar refractivity (Wildman–Crippen MR) is 53.1 cm³/mol. The van der Waals surface area contributed by atoms with Crippen LogP contribution in [-0.2, 0) is 16.0 Å². The molecule has 84 valence electrons. The fourth-order valence-corrected chi connectivity index (χ4v) is 1.25. The van der Waals surface area contributed by atoms with E-state index in [1.165, 1.54) is 0 Å². The van der Waals surface area contributed by atoms with Gasteiger partial charge in [-0.25, -0.2) is 4.39 Å². The van der Waals surface area contributed by atoms with Gasteiger partial charge in [0, 0.05) is 11.6 Å². The first kappa shape index (κ1) is 12.0. The number of hydrogen-bond donors (Lipinski definition) is 1. The van der Waals surface area contributed by atoms with Gasteiger partial charge in [-0.1, -0.05) is 0 Å². The first-order valence-corrected chi connectivity index (χ1v) is 4.65. The molecule has 0 radical (unpaired) electrons. The largest absolute Gasteiger partial charge is 0.508 e. The standard InChI is InChI=1S/C11H10FNO3/c1-2-16-10(15)5-7-3-9(14)4-8(6-13)11(7)12/h3-4,14H,2,5H2,1H3. The van der Waals surface area contributed by atoms with Crippen LogP contribution >= 0.6 is 0 Å². The smallest absolute Gasteiger partial charge is 0.310 e. The highest BCUT2D eigenvalue weighted by molar-refractivity contribution is 5.73. The van der Waals surface area contributed by atoms with Crippen LogP contribution in [0.1, 0.15) is 18.1 Å². The Kier molecular flexibility index (Phi) is 3.84. The number of aromatic hydroxyl groups is 1. The average Bonchev–Trinajstić information content (AvgIpc) is 2.23. The van der Waals surface area contributed by atoms with Crippen LogP contribution in [-0.4, -0.2) is 17.7 Å². The molecular formula is C11H10FNO3. The highest BCUT2D eigenvalue weighted by Gasteiger charge is 2.14. The molecule has 1 rings (SSSR count). The molecule has 1 aromatic carbocycles. The van der Waals surface area contributed by atoms with Gasteiger partial charge in [0.25, 0.3) is 0 Å². The van der Waals surface area contributed by atoms with Crippen LogP contribution < -0.4 is 0 Å². The second-order valence-corrected chi connectivity index (χ2v) is 3.06. The molecule has 0 aliphatic carbocycles. The van der Waals surface area contributed by atoms with Crippen molar-refractivity contribution in [3.8, 4) is 11.8 Å². The molecule has 16 heavy (non-hydrogen) atoms. The topological polar surface area (TPSA) is 70.3 Å². The van der Waals surface area contributed by atoms with Gasteiger partial charge in [-0.3, -0.25) is 4.79 Å². The third-order valence-corrected chi connectivity index (χ3v) is 1.89. The van der Waals surface area contributed by atoms with E-state index in [0.29, 0.717) is 0 Å². The Morgan fingerprint density at radius 1 is 1.62 bits per heavy atom. The quantitative estimate of drug-likeness (QED) is 0.788. The summed E-state index contributed by atoms with van der Waals surface area (Å²) in [6, 6.07) is 3.70. The van der Waals surface area contributed by atoms with E-state index in [1.54, 1.807) is 13.0 Å². The second kappa shape index (κ2) is 5.12. The van der Waals surface area contributed by atoms with E-state index in [2.05, 4.69) is 4.74 Å². The lowest BCUT2D eigenvalue weighted by molar-refractivity contribution is -0.142. The number of nitrogens with zero attached hydrogens (tertiary/aromatic N) is 1. The van der Waals surface area contributed by atoms with Crippen LogP contribution in [0.4, 0.5) is 4.39 Å². The molecule has 0 aliphatic rings. The van der Waals surface area contributed by atoms with Crippen LogP contribution in [0.3, 0.4) is 0 Å². The third-order valence-electron chi connectivity index (χ3n) is 1.89. The molecule has 0 aromatic heterocycles.